The molecular formula is C14H17N7O. The fraction of sp³-hybridized carbons (Fsp3) is 0.500. The number of nitrogens with zero attached hydrogens (tertiary/aromatic N) is 5. The van der Waals surface area contributed by atoms with E-state index < -0.39 is 5.66 Å². The smallest absolute Gasteiger partial charge is 0.225 e. The van der Waals surface area contributed by atoms with Crippen molar-refractivity contribution in [2.75, 3.05) is 5.32 Å². The second-order valence-corrected chi connectivity index (χ2v) is 5.44. The lowest BCUT2D eigenvalue weighted by atomic mass is 10.0. The predicted molar refractivity (Wildman–Crippen MR) is 81.1 cm³/mol. The van der Waals surface area contributed by atoms with Crippen LogP contribution in [0.4, 0.5) is 5.82 Å². The highest BCUT2D eigenvalue weighted by Gasteiger charge is 2.39. The van der Waals surface area contributed by atoms with Crippen molar-refractivity contribution in [3.8, 4) is 12.3 Å². The average molecular weight is 299 g/mol. The lowest BCUT2D eigenvalue weighted by Gasteiger charge is -2.08. The minimum atomic E-state index is -0.433. The first kappa shape index (κ1) is 14.3. The number of nitrogens with one attached hydrogen (secondary N) is 2. The lowest BCUT2D eigenvalue weighted by Crippen LogP contribution is -2.18. The fourth-order valence-corrected chi connectivity index (χ4v) is 2.51. The van der Waals surface area contributed by atoms with Gasteiger partial charge >= 0.3 is 0 Å². The van der Waals surface area contributed by atoms with Crippen molar-refractivity contribution < 1.29 is 4.79 Å². The summed E-state index contributed by atoms with van der Waals surface area (Å²) in [5, 5.41) is 23.0. The molecule has 0 saturated heterocycles. The number of carbonyl (C=O) groups is 1. The molecular weight excluding hydrogens is 282 g/mol. The van der Waals surface area contributed by atoms with Gasteiger partial charge in [0.2, 0.25) is 5.91 Å². The highest BCUT2D eigenvalue weighted by molar-refractivity contribution is 5.99. The van der Waals surface area contributed by atoms with Gasteiger partial charge in [0.05, 0.1) is 11.1 Å². The maximum absolute atomic E-state index is 12.1. The monoisotopic (exact) mass is 299 g/mol. The van der Waals surface area contributed by atoms with Crippen LogP contribution in [0.2, 0.25) is 0 Å². The number of H-pyrrole nitrogens is 1. The standard InChI is InChI=1S/C14H17N7O/c1-4-5-7-14(19-20-14)8-6-10(22)15-12-11-9(2)18-21(3)13(11)17-16-12/h1H,5-8H2,2-3H3,(H2,15,16,17,22). The molecule has 22 heavy (non-hydrogen) atoms. The Morgan fingerprint density at radius 3 is 2.91 bits per heavy atom. The van der Waals surface area contributed by atoms with Gasteiger partial charge in [-0.25, -0.2) is 4.68 Å². The van der Waals surface area contributed by atoms with Crippen LogP contribution >= 0.6 is 0 Å². The molecule has 0 unspecified atom stereocenters. The molecule has 8 heteroatoms. The van der Waals surface area contributed by atoms with Gasteiger partial charge in [0, 0.05) is 32.7 Å². The minimum absolute atomic E-state index is 0.105. The summed E-state index contributed by atoms with van der Waals surface area (Å²) in [7, 11) is 1.81. The van der Waals surface area contributed by atoms with Crippen LogP contribution in [0.15, 0.2) is 10.2 Å². The van der Waals surface area contributed by atoms with Crippen LogP contribution in [-0.2, 0) is 11.8 Å². The van der Waals surface area contributed by atoms with Gasteiger partial charge < -0.3 is 5.32 Å². The molecule has 2 N–H and O–H groups in total. The van der Waals surface area contributed by atoms with Crippen molar-refractivity contribution in [2.24, 2.45) is 17.3 Å². The number of carbonyl (C=O) groups excluding carboxylic acids is 1. The Kier molecular flexibility index (Phi) is 3.41. The van der Waals surface area contributed by atoms with Crippen LogP contribution in [0, 0.1) is 19.3 Å². The van der Waals surface area contributed by atoms with E-state index in [2.05, 4.69) is 36.8 Å². The molecule has 1 amide bonds. The van der Waals surface area contributed by atoms with E-state index in [0.29, 0.717) is 37.1 Å². The Balaban J connectivity index is 1.61. The van der Waals surface area contributed by atoms with Gasteiger partial charge in [-0.05, 0) is 6.92 Å². The molecule has 1 aliphatic rings. The molecule has 2 aromatic rings. The van der Waals surface area contributed by atoms with Gasteiger partial charge in [-0.2, -0.15) is 20.4 Å². The molecule has 8 nitrogen and oxygen atoms in total. The van der Waals surface area contributed by atoms with E-state index in [0.717, 1.165) is 11.1 Å². The Hall–Kier alpha value is -2.69. The summed E-state index contributed by atoms with van der Waals surface area (Å²) in [4.78, 5) is 12.1. The second kappa shape index (κ2) is 5.26. The van der Waals surface area contributed by atoms with Crippen molar-refractivity contribution in [3.63, 3.8) is 0 Å². The Labute approximate surface area is 127 Å². The SMILES string of the molecule is C#CCCC1(CCC(=O)Nc2[nH]nc3c2c(C)nn3C)N=N1. The Morgan fingerprint density at radius 2 is 2.23 bits per heavy atom. The van der Waals surface area contributed by atoms with Crippen molar-refractivity contribution in [3.05, 3.63) is 5.69 Å². The topological polar surface area (TPSA) is 100 Å². The zero-order valence-electron chi connectivity index (χ0n) is 12.6. The van der Waals surface area contributed by atoms with Gasteiger partial charge in [0.25, 0.3) is 0 Å². The zero-order chi connectivity index (χ0) is 15.7. The number of aryl methyl sites for hydroxylation is 2. The van der Waals surface area contributed by atoms with E-state index in [1.54, 1.807) is 4.68 Å². The summed E-state index contributed by atoms with van der Waals surface area (Å²) in [5.41, 5.74) is 1.10. The summed E-state index contributed by atoms with van der Waals surface area (Å²) in [5.74, 6) is 3.04. The molecule has 3 heterocycles. The molecule has 0 bridgehead atoms. The van der Waals surface area contributed by atoms with Gasteiger partial charge in [0.1, 0.15) is 5.82 Å². The maximum Gasteiger partial charge on any atom is 0.225 e. The first-order valence-corrected chi connectivity index (χ1v) is 7.10. The molecule has 0 saturated carbocycles. The highest BCUT2D eigenvalue weighted by Crippen LogP contribution is 2.37. The fourth-order valence-electron chi connectivity index (χ4n) is 2.51. The van der Waals surface area contributed by atoms with Crippen LogP contribution < -0.4 is 5.32 Å². The van der Waals surface area contributed by atoms with E-state index >= 15 is 0 Å². The summed E-state index contributed by atoms with van der Waals surface area (Å²) in [6, 6.07) is 0. The van der Waals surface area contributed by atoms with Crippen LogP contribution in [0.3, 0.4) is 0 Å². The largest absolute Gasteiger partial charge is 0.310 e. The Morgan fingerprint density at radius 1 is 1.45 bits per heavy atom. The predicted octanol–water partition coefficient (Wildman–Crippen LogP) is 1.90. The second-order valence-electron chi connectivity index (χ2n) is 5.44. The third kappa shape index (κ3) is 2.57. The summed E-state index contributed by atoms with van der Waals surface area (Å²) >= 11 is 0. The quantitative estimate of drug-likeness (QED) is 0.796. The maximum atomic E-state index is 12.1. The van der Waals surface area contributed by atoms with E-state index in [-0.39, 0.29) is 5.91 Å². The lowest BCUT2D eigenvalue weighted by molar-refractivity contribution is -0.116. The van der Waals surface area contributed by atoms with Crippen LogP contribution in [0.5, 0.6) is 0 Å². The molecule has 0 fully saturated rings. The summed E-state index contributed by atoms with van der Waals surface area (Å²) < 4.78 is 1.67. The molecule has 0 aliphatic carbocycles. The third-order valence-corrected chi connectivity index (χ3v) is 3.78. The molecule has 1 aliphatic heterocycles. The zero-order valence-corrected chi connectivity index (χ0v) is 12.6. The van der Waals surface area contributed by atoms with Crippen LogP contribution in [0.25, 0.3) is 11.0 Å². The van der Waals surface area contributed by atoms with Crippen molar-refractivity contribution in [2.45, 2.75) is 38.3 Å². The van der Waals surface area contributed by atoms with Crippen molar-refractivity contribution in [1.82, 2.24) is 20.0 Å². The number of hydrogen-bond donors (Lipinski definition) is 2. The normalized spacial score (nSPS) is 15.0. The molecule has 0 atom stereocenters. The molecule has 2 aromatic heterocycles. The molecule has 114 valence electrons. The Bertz CT molecular complexity index is 786. The van der Waals surface area contributed by atoms with Crippen LogP contribution in [0.1, 0.15) is 31.4 Å². The minimum Gasteiger partial charge on any atom is -0.310 e. The number of rotatable bonds is 6. The number of aromatic amines is 1. The molecule has 0 spiro atoms. The van der Waals surface area contributed by atoms with Gasteiger partial charge in [-0.1, -0.05) is 0 Å². The summed E-state index contributed by atoms with van der Waals surface area (Å²) in [6.45, 7) is 1.88. The highest BCUT2D eigenvalue weighted by atomic mass is 16.1. The number of aromatic nitrogens is 4. The molecule has 3 rings (SSSR count). The number of hydrogen-bond acceptors (Lipinski definition) is 5. The van der Waals surface area contributed by atoms with E-state index in [1.807, 2.05) is 14.0 Å². The number of anilines is 1. The third-order valence-electron chi connectivity index (χ3n) is 3.78. The summed E-state index contributed by atoms with van der Waals surface area (Å²) in [6.07, 6.45) is 7.47. The van der Waals surface area contributed by atoms with Crippen LogP contribution in [-0.4, -0.2) is 31.5 Å². The van der Waals surface area contributed by atoms with E-state index in [4.69, 9.17) is 6.42 Å². The van der Waals surface area contributed by atoms with Gasteiger partial charge in [-0.15, -0.1) is 12.3 Å². The van der Waals surface area contributed by atoms with Gasteiger partial charge in [-0.3, -0.25) is 9.89 Å². The van der Waals surface area contributed by atoms with Crippen molar-refractivity contribution in [1.29, 1.82) is 0 Å². The number of terminal acetylenes is 1. The van der Waals surface area contributed by atoms with Crippen molar-refractivity contribution >= 4 is 22.8 Å². The first-order valence-electron chi connectivity index (χ1n) is 7.10. The molecule has 0 radical (unpaired) electrons. The van der Waals surface area contributed by atoms with E-state index in [9.17, 15) is 4.79 Å². The number of fused-ring (bicyclic) bond motifs is 1. The van der Waals surface area contributed by atoms with E-state index in [1.165, 1.54) is 0 Å². The average Bonchev–Trinajstić information content (AvgIpc) is 3.04. The molecule has 0 aromatic carbocycles. The first-order chi connectivity index (χ1) is 10.5. The number of amides is 1. The van der Waals surface area contributed by atoms with Gasteiger partial charge in [0.15, 0.2) is 11.3 Å².